The second-order valence-corrected chi connectivity index (χ2v) is 6.30. The van der Waals surface area contributed by atoms with Crippen LogP contribution in [0.15, 0.2) is 48.5 Å². The summed E-state index contributed by atoms with van der Waals surface area (Å²) in [7, 11) is 0. The molecule has 2 N–H and O–H groups in total. The average Bonchev–Trinajstić information content (AvgIpc) is 2.59. The van der Waals surface area contributed by atoms with E-state index >= 15 is 0 Å². The van der Waals surface area contributed by atoms with Crippen molar-refractivity contribution in [3.05, 3.63) is 59.7 Å². The largest absolute Gasteiger partial charge is 0.326 e. The molecule has 0 aromatic heterocycles. The highest BCUT2D eigenvalue weighted by Gasteiger charge is 2.03. The van der Waals surface area contributed by atoms with Gasteiger partial charge in [0.05, 0.1) is 0 Å². The van der Waals surface area contributed by atoms with E-state index in [0.29, 0.717) is 24.6 Å². The Hall–Kier alpha value is -2.04. The third-order valence-electron chi connectivity index (χ3n) is 3.53. The molecule has 0 atom stereocenters. The number of benzene rings is 2. The van der Waals surface area contributed by atoms with Gasteiger partial charge in [-0.1, -0.05) is 24.3 Å². The van der Waals surface area contributed by atoms with Crippen molar-refractivity contribution in [3.63, 3.8) is 0 Å². The van der Waals surface area contributed by atoms with Crippen LogP contribution < -0.4 is 10.6 Å². The van der Waals surface area contributed by atoms with E-state index in [9.17, 15) is 9.59 Å². The molecule has 4 nitrogen and oxygen atoms in total. The summed E-state index contributed by atoms with van der Waals surface area (Å²) in [6.45, 7) is 0. The summed E-state index contributed by atoms with van der Waals surface area (Å²) in [5.74, 6) is 0.447. The summed E-state index contributed by atoms with van der Waals surface area (Å²) in [6.07, 6.45) is 1.37. The van der Waals surface area contributed by atoms with E-state index in [2.05, 4.69) is 10.6 Å². The molecule has 0 saturated heterocycles. The van der Waals surface area contributed by atoms with Gasteiger partial charge in [0.2, 0.25) is 11.8 Å². The maximum atomic E-state index is 11.5. The fourth-order valence-electron chi connectivity index (χ4n) is 2.27. The van der Waals surface area contributed by atoms with Crippen LogP contribution in [0.3, 0.4) is 0 Å². The molecule has 0 bridgehead atoms. The van der Waals surface area contributed by atoms with Crippen molar-refractivity contribution >= 4 is 46.4 Å². The Morgan fingerprint density at radius 2 is 1.04 bits per heavy atom. The molecule has 0 unspecified atom stereocenters. The van der Waals surface area contributed by atoms with Gasteiger partial charge >= 0.3 is 0 Å². The van der Waals surface area contributed by atoms with E-state index < -0.39 is 0 Å². The van der Waals surface area contributed by atoms with Crippen LogP contribution in [-0.4, -0.2) is 23.6 Å². The lowest BCUT2D eigenvalue weighted by Gasteiger charge is -2.08. The minimum atomic E-state index is -0.0884. The van der Waals surface area contributed by atoms with Gasteiger partial charge in [0, 0.05) is 36.0 Å². The number of halogens is 2. The molecule has 2 aromatic carbocycles. The van der Waals surface area contributed by atoms with Crippen molar-refractivity contribution < 1.29 is 9.59 Å². The summed E-state index contributed by atoms with van der Waals surface area (Å²) in [4.78, 5) is 23.0. The van der Waals surface area contributed by atoms with Gasteiger partial charge in [-0.3, -0.25) is 9.59 Å². The minimum absolute atomic E-state index is 0.0884. The summed E-state index contributed by atoms with van der Waals surface area (Å²) in [6, 6.07) is 15.4. The maximum Gasteiger partial charge on any atom is 0.225 e. The molecule has 0 fully saturated rings. The highest BCUT2D eigenvalue weighted by Crippen LogP contribution is 2.16. The van der Waals surface area contributed by atoms with Gasteiger partial charge in [0.25, 0.3) is 0 Å². The number of anilines is 2. The predicted molar refractivity (Wildman–Crippen MR) is 104 cm³/mol. The highest BCUT2D eigenvalue weighted by atomic mass is 35.5. The fourth-order valence-corrected chi connectivity index (χ4v) is 2.61. The molecule has 0 aliphatic carbocycles. The van der Waals surface area contributed by atoms with E-state index in [1.54, 1.807) is 0 Å². The van der Waals surface area contributed by atoms with Crippen LogP contribution in [0.2, 0.25) is 0 Å². The van der Waals surface area contributed by atoms with E-state index in [1.165, 1.54) is 0 Å². The molecule has 2 aromatic rings. The fraction of sp³-hybridized carbons (Fsp3) is 0.263. The second kappa shape index (κ2) is 10.1. The van der Waals surface area contributed by atoms with Gasteiger partial charge in [0.1, 0.15) is 0 Å². The standard InChI is InChI=1S/C19H20Cl2N2O2/c20-11-9-18(24)22-16-5-1-14(2-6-16)13-15-3-7-17(8-4-15)23-19(25)10-12-21/h1-8H,9-13H2,(H,22,24)(H,23,25). The average molecular weight is 379 g/mol. The summed E-state index contributed by atoms with van der Waals surface area (Å²) < 4.78 is 0. The Morgan fingerprint density at radius 3 is 1.36 bits per heavy atom. The maximum absolute atomic E-state index is 11.5. The molecule has 0 radical (unpaired) electrons. The van der Waals surface area contributed by atoms with Gasteiger partial charge in [-0.15, -0.1) is 23.2 Å². The molecular weight excluding hydrogens is 359 g/mol. The van der Waals surface area contributed by atoms with Crippen molar-refractivity contribution in [2.45, 2.75) is 19.3 Å². The number of carbonyl (C=O) groups excluding carboxylic acids is 2. The predicted octanol–water partition coefficient (Wildman–Crippen LogP) is 4.41. The first kappa shape index (κ1) is 19.3. The van der Waals surface area contributed by atoms with Crippen molar-refractivity contribution in [2.75, 3.05) is 22.4 Å². The minimum Gasteiger partial charge on any atom is -0.326 e. The third kappa shape index (κ3) is 6.77. The molecule has 0 heterocycles. The van der Waals surface area contributed by atoms with Gasteiger partial charge < -0.3 is 10.6 Å². The number of nitrogens with one attached hydrogen (secondary N) is 2. The van der Waals surface area contributed by atoms with Crippen LogP contribution in [0, 0.1) is 0 Å². The number of hydrogen-bond acceptors (Lipinski definition) is 2. The summed E-state index contributed by atoms with van der Waals surface area (Å²) >= 11 is 11.1. The number of carbonyl (C=O) groups is 2. The Bertz CT molecular complexity index is 639. The third-order valence-corrected chi connectivity index (χ3v) is 3.90. The molecule has 0 aliphatic heterocycles. The molecule has 25 heavy (non-hydrogen) atoms. The topological polar surface area (TPSA) is 58.2 Å². The monoisotopic (exact) mass is 378 g/mol. The Morgan fingerprint density at radius 1 is 0.680 bits per heavy atom. The van der Waals surface area contributed by atoms with E-state index in [-0.39, 0.29) is 11.8 Å². The molecular formula is C19H20Cl2N2O2. The molecule has 0 spiro atoms. The number of alkyl halides is 2. The Labute approximate surface area is 157 Å². The van der Waals surface area contributed by atoms with E-state index in [1.807, 2.05) is 48.5 Å². The molecule has 0 saturated carbocycles. The van der Waals surface area contributed by atoms with Crippen LogP contribution >= 0.6 is 23.2 Å². The van der Waals surface area contributed by atoms with Gasteiger partial charge in [0.15, 0.2) is 0 Å². The zero-order chi connectivity index (χ0) is 18.1. The zero-order valence-electron chi connectivity index (χ0n) is 13.7. The first-order valence-electron chi connectivity index (χ1n) is 8.00. The highest BCUT2D eigenvalue weighted by molar-refractivity contribution is 6.19. The van der Waals surface area contributed by atoms with Crippen molar-refractivity contribution in [1.82, 2.24) is 0 Å². The van der Waals surface area contributed by atoms with Crippen molar-refractivity contribution in [3.8, 4) is 0 Å². The SMILES string of the molecule is O=C(CCCl)Nc1ccc(Cc2ccc(NC(=O)CCCl)cc2)cc1. The quantitative estimate of drug-likeness (QED) is 0.668. The van der Waals surface area contributed by atoms with Crippen LogP contribution in [0.1, 0.15) is 24.0 Å². The number of rotatable bonds is 8. The molecule has 2 rings (SSSR count). The Balaban J connectivity index is 1.91. The number of amides is 2. The second-order valence-electron chi connectivity index (χ2n) is 5.54. The normalized spacial score (nSPS) is 10.3. The lowest BCUT2D eigenvalue weighted by molar-refractivity contribution is -0.116. The van der Waals surface area contributed by atoms with Crippen molar-refractivity contribution in [1.29, 1.82) is 0 Å². The molecule has 2 amide bonds. The van der Waals surface area contributed by atoms with Crippen LogP contribution in [-0.2, 0) is 16.0 Å². The number of hydrogen-bond donors (Lipinski definition) is 2. The summed E-state index contributed by atoms with van der Waals surface area (Å²) in [5.41, 5.74) is 3.79. The van der Waals surface area contributed by atoms with E-state index in [4.69, 9.17) is 23.2 Å². The van der Waals surface area contributed by atoms with Crippen LogP contribution in [0.5, 0.6) is 0 Å². The van der Waals surface area contributed by atoms with Crippen LogP contribution in [0.25, 0.3) is 0 Å². The smallest absolute Gasteiger partial charge is 0.225 e. The van der Waals surface area contributed by atoms with Gasteiger partial charge in [-0.25, -0.2) is 0 Å². The summed E-state index contributed by atoms with van der Waals surface area (Å²) in [5, 5.41) is 5.59. The Kier molecular flexibility index (Phi) is 7.76. The van der Waals surface area contributed by atoms with Crippen LogP contribution in [0.4, 0.5) is 11.4 Å². The first-order chi connectivity index (χ1) is 12.1. The van der Waals surface area contributed by atoms with Gasteiger partial charge in [-0.05, 0) is 41.8 Å². The molecule has 132 valence electrons. The van der Waals surface area contributed by atoms with E-state index in [0.717, 1.165) is 28.9 Å². The lowest BCUT2D eigenvalue weighted by atomic mass is 10.0. The zero-order valence-corrected chi connectivity index (χ0v) is 15.2. The van der Waals surface area contributed by atoms with Crippen molar-refractivity contribution in [2.24, 2.45) is 0 Å². The molecule has 6 heteroatoms. The molecule has 0 aliphatic rings. The first-order valence-corrected chi connectivity index (χ1v) is 9.07. The van der Waals surface area contributed by atoms with Gasteiger partial charge in [-0.2, -0.15) is 0 Å². The lowest BCUT2D eigenvalue weighted by Crippen LogP contribution is -2.11.